The highest BCUT2D eigenvalue weighted by atomic mass is 16.5. The zero-order chi connectivity index (χ0) is 16.7. The SMILES string of the molecule is CCN(Cc1ccccc1)C(=O)COc1ccccc1C(N)=O. The number of para-hydroxylation sites is 1. The summed E-state index contributed by atoms with van der Waals surface area (Å²) in [5.41, 5.74) is 6.62. The number of carbonyl (C=O) groups is 2. The highest BCUT2D eigenvalue weighted by molar-refractivity contribution is 5.95. The maximum absolute atomic E-state index is 12.3. The van der Waals surface area contributed by atoms with Gasteiger partial charge in [-0.2, -0.15) is 0 Å². The van der Waals surface area contributed by atoms with Crippen molar-refractivity contribution < 1.29 is 14.3 Å². The number of hydrogen-bond donors (Lipinski definition) is 1. The topological polar surface area (TPSA) is 72.6 Å². The van der Waals surface area contributed by atoms with Crippen LogP contribution in [0.5, 0.6) is 5.75 Å². The lowest BCUT2D eigenvalue weighted by Crippen LogP contribution is -2.34. The molecular formula is C18H20N2O3. The number of hydrogen-bond acceptors (Lipinski definition) is 3. The summed E-state index contributed by atoms with van der Waals surface area (Å²) in [6.45, 7) is 2.88. The standard InChI is InChI=1S/C18H20N2O3/c1-2-20(12-14-8-4-3-5-9-14)17(21)13-23-16-11-7-6-10-15(16)18(19)22/h3-11H,2,12-13H2,1H3,(H2,19,22). The van der Waals surface area contributed by atoms with E-state index in [0.29, 0.717) is 18.8 Å². The summed E-state index contributed by atoms with van der Waals surface area (Å²) < 4.78 is 5.49. The summed E-state index contributed by atoms with van der Waals surface area (Å²) in [6, 6.07) is 16.4. The number of primary amides is 1. The zero-order valence-corrected chi connectivity index (χ0v) is 13.1. The maximum atomic E-state index is 12.3. The number of nitrogens with zero attached hydrogens (tertiary/aromatic N) is 1. The summed E-state index contributed by atoms with van der Waals surface area (Å²) in [4.78, 5) is 25.4. The fourth-order valence-electron chi connectivity index (χ4n) is 2.21. The molecular weight excluding hydrogens is 292 g/mol. The lowest BCUT2D eigenvalue weighted by Gasteiger charge is -2.21. The van der Waals surface area contributed by atoms with Crippen LogP contribution in [0.2, 0.25) is 0 Å². The molecule has 2 amide bonds. The van der Waals surface area contributed by atoms with Crippen molar-refractivity contribution in [3.8, 4) is 5.75 Å². The number of carbonyl (C=O) groups excluding carboxylic acids is 2. The second-order valence-corrected chi connectivity index (χ2v) is 5.04. The van der Waals surface area contributed by atoms with Gasteiger partial charge in [-0.3, -0.25) is 9.59 Å². The Labute approximate surface area is 135 Å². The Morgan fingerprint density at radius 1 is 1.04 bits per heavy atom. The van der Waals surface area contributed by atoms with Crippen molar-refractivity contribution in [3.63, 3.8) is 0 Å². The van der Waals surface area contributed by atoms with Crippen LogP contribution in [0.15, 0.2) is 54.6 Å². The van der Waals surface area contributed by atoms with Crippen molar-refractivity contribution in [2.45, 2.75) is 13.5 Å². The van der Waals surface area contributed by atoms with E-state index in [1.807, 2.05) is 37.3 Å². The van der Waals surface area contributed by atoms with Crippen molar-refractivity contribution in [2.75, 3.05) is 13.2 Å². The Morgan fingerprint density at radius 2 is 1.70 bits per heavy atom. The van der Waals surface area contributed by atoms with Crippen molar-refractivity contribution >= 4 is 11.8 Å². The molecule has 0 atom stereocenters. The van der Waals surface area contributed by atoms with Gasteiger partial charge < -0.3 is 15.4 Å². The Hall–Kier alpha value is -2.82. The van der Waals surface area contributed by atoms with Gasteiger partial charge in [0.25, 0.3) is 11.8 Å². The van der Waals surface area contributed by atoms with Gasteiger partial charge >= 0.3 is 0 Å². The Balaban J connectivity index is 1.99. The van der Waals surface area contributed by atoms with Crippen LogP contribution in [0.3, 0.4) is 0 Å². The quantitative estimate of drug-likeness (QED) is 0.852. The Kier molecular flexibility index (Phi) is 5.74. The molecule has 23 heavy (non-hydrogen) atoms. The van der Waals surface area contributed by atoms with Gasteiger partial charge in [-0.1, -0.05) is 42.5 Å². The van der Waals surface area contributed by atoms with Gasteiger partial charge in [0.05, 0.1) is 5.56 Å². The number of likely N-dealkylation sites (N-methyl/N-ethyl adjacent to an activating group) is 1. The molecule has 0 unspecified atom stereocenters. The van der Waals surface area contributed by atoms with Crippen LogP contribution in [0.4, 0.5) is 0 Å². The molecule has 0 saturated carbocycles. The summed E-state index contributed by atoms with van der Waals surface area (Å²) in [7, 11) is 0. The van der Waals surface area contributed by atoms with Gasteiger partial charge in [-0.25, -0.2) is 0 Å². The van der Waals surface area contributed by atoms with E-state index in [1.165, 1.54) is 0 Å². The number of rotatable bonds is 7. The molecule has 0 saturated heterocycles. The second-order valence-electron chi connectivity index (χ2n) is 5.04. The van der Waals surface area contributed by atoms with Crippen LogP contribution in [0.25, 0.3) is 0 Å². The number of amides is 2. The molecule has 2 N–H and O–H groups in total. The summed E-state index contributed by atoms with van der Waals surface area (Å²) in [5, 5.41) is 0. The highest BCUT2D eigenvalue weighted by Gasteiger charge is 2.15. The van der Waals surface area contributed by atoms with E-state index in [4.69, 9.17) is 10.5 Å². The minimum Gasteiger partial charge on any atom is -0.483 e. The van der Waals surface area contributed by atoms with Crippen LogP contribution in [-0.2, 0) is 11.3 Å². The van der Waals surface area contributed by atoms with Gasteiger partial charge in [0, 0.05) is 13.1 Å². The first-order valence-electron chi connectivity index (χ1n) is 7.45. The average molecular weight is 312 g/mol. The van der Waals surface area contributed by atoms with Crippen LogP contribution in [0.1, 0.15) is 22.8 Å². The zero-order valence-electron chi connectivity index (χ0n) is 13.1. The summed E-state index contributed by atoms with van der Waals surface area (Å²) in [6.07, 6.45) is 0. The van der Waals surface area contributed by atoms with Crippen molar-refractivity contribution in [2.24, 2.45) is 5.73 Å². The first-order chi connectivity index (χ1) is 11.1. The van der Waals surface area contributed by atoms with E-state index in [9.17, 15) is 9.59 Å². The smallest absolute Gasteiger partial charge is 0.260 e. The third-order valence-electron chi connectivity index (χ3n) is 3.45. The van der Waals surface area contributed by atoms with Crippen molar-refractivity contribution in [1.82, 2.24) is 4.90 Å². The molecule has 2 rings (SSSR count). The highest BCUT2D eigenvalue weighted by Crippen LogP contribution is 2.17. The van der Waals surface area contributed by atoms with Crippen LogP contribution >= 0.6 is 0 Å². The van der Waals surface area contributed by atoms with E-state index in [0.717, 1.165) is 5.56 Å². The number of ether oxygens (including phenoxy) is 1. The van der Waals surface area contributed by atoms with E-state index in [1.54, 1.807) is 29.2 Å². The fourth-order valence-corrected chi connectivity index (χ4v) is 2.21. The molecule has 0 aliphatic heterocycles. The summed E-state index contributed by atoms with van der Waals surface area (Å²) >= 11 is 0. The first kappa shape index (κ1) is 16.5. The maximum Gasteiger partial charge on any atom is 0.260 e. The van der Waals surface area contributed by atoms with Crippen LogP contribution < -0.4 is 10.5 Å². The molecule has 0 fully saturated rings. The van der Waals surface area contributed by atoms with Crippen LogP contribution in [-0.4, -0.2) is 29.9 Å². The minimum atomic E-state index is -0.579. The molecule has 120 valence electrons. The third-order valence-corrected chi connectivity index (χ3v) is 3.45. The molecule has 0 aliphatic carbocycles. The lowest BCUT2D eigenvalue weighted by molar-refractivity contribution is -0.133. The molecule has 5 heteroatoms. The summed E-state index contributed by atoms with van der Waals surface area (Å²) in [5.74, 6) is -0.399. The van der Waals surface area contributed by atoms with E-state index in [-0.39, 0.29) is 18.1 Å². The minimum absolute atomic E-state index is 0.134. The molecule has 2 aromatic carbocycles. The van der Waals surface area contributed by atoms with E-state index in [2.05, 4.69) is 0 Å². The average Bonchev–Trinajstić information content (AvgIpc) is 2.58. The normalized spacial score (nSPS) is 10.1. The molecule has 0 heterocycles. The number of nitrogens with two attached hydrogens (primary N) is 1. The van der Waals surface area contributed by atoms with Gasteiger partial charge in [0.15, 0.2) is 6.61 Å². The third kappa shape index (κ3) is 4.57. The van der Waals surface area contributed by atoms with E-state index < -0.39 is 5.91 Å². The van der Waals surface area contributed by atoms with Gasteiger partial charge in [0.1, 0.15) is 5.75 Å². The second kappa shape index (κ2) is 7.98. The van der Waals surface area contributed by atoms with E-state index >= 15 is 0 Å². The molecule has 0 radical (unpaired) electrons. The fraction of sp³-hybridized carbons (Fsp3) is 0.222. The first-order valence-corrected chi connectivity index (χ1v) is 7.45. The molecule has 5 nitrogen and oxygen atoms in total. The molecule has 0 bridgehead atoms. The predicted octanol–water partition coefficient (Wildman–Crippen LogP) is 2.21. The van der Waals surface area contributed by atoms with Gasteiger partial charge in [-0.15, -0.1) is 0 Å². The van der Waals surface area contributed by atoms with Crippen molar-refractivity contribution in [3.05, 3.63) is 65.7 Å². The lowest BCUT2D eigenvalue weighted by atomic mass is 10.2. The molecule has 0 aliphatic rings. The molecule has 0 spiro atoms. The molecule has 0 aromatic heterocycles. The number of benzene rings is 2. The monoisotopic (exact) mass is 312 g/mol. The van der Waals surface area contributed by atoms with Crippen LogP contribution in [0, 0.1) is 0 Å². The largest absolute Gasteiger partial charge is 0.483 e. The van der Waals surface area contributed by atoms with Crippen molar-refractivity contribution in [1.29, 1.82) is 0 Å². The Bertz CT molecular complexity index is 671. The predicted molar refractivity (Wildman–Crippen MR) is 88.0 cm³/mol. The van der Waals surface area contributed by atoms with Gasteiger partial charge in [-0.05, 0) is 24.6 Å². The van der Waals surface area contributed by atoms with Gasteiger partial charge in [0.2, 0.25) is 0 Å². The Morgan fingerprint density at radius 3 is 2.35 bits per heavy atom. The molecule has 2 aromatic rings.